The van der Waals surface area contributed by atoms with Crippen molar-refractivity contribution in [3.63, 3.8) is 0 Å². The first kappa shape index (κ1) is 27.6. The summed E-state index contributed by atoms with van der Waals surface area (Å²) in [4.78, 5) is 0. The third kappa shape index (κ3) is 5.16. The van der Waals surface area contributed by atoms with Crippen LogP contribution in [0.1, 0.15) is 112 Å². The Balaban J connectivity index is 1.47. The highest BCUT2D eigenvalue weighted by molar-refractivity contribution is 7.81. The van der Waals surface area contributed by atoms with Crippen LogP contribution in [0, 0.1) is 40.4 Å². The summed E-state index contributed by atoms with van der Waals surface area (Å²) in [6.07, 6.45) is 19.3. The third-order valence-electron chi connectivity index (χ3n) is 11.2. The maximum Gasteiger partial charge on any atom is 0.102 e. The van der Waals surface area contributed by atoms with Crippen molar-refractivity contribution in [3.05, 3.63) is 23.5 Å². The minimum Gasteiger partial charge on any atom is -0.498 e. The zero-order valence-electron chi connectivity index (χ0n) is 23.9. The summed E-state index contributed by atoms with van der Waals surface area (Å²) in [7, 11) is 1.75. The van der Waals surface area contributed by atoms with Gasteiger partial charge in [-0.3, -0.25) is 0 Å². The van der Waals surface area contributed by atoms with Gasteiger partial charge in [0.05, 0.1) is 12.9 Å². The van der Waals surface area contributed by atoms with E-state index >= 15 is 0 Å². The molecule has 3 saturated carbocycles. The number of ether oxygens (including phenoxy) is 2. The number of methoxy groups -OCH3 is 1. The van der Waals surface area contributed by atoms with Crippen LogP contribution in [0.25, 0.3) is 0 Å². The molecule has 0 bridgehead atoms. The van der Waals surface area contributed by atoms with E-state index in [9.17, 15) is 0 Å². The van der Waals surface area contributed by atoms with Gasteiger partial charge in [-0.1, -0.05) is 65.5 Å². The van der Waals surface area contributed by atoms with E-state index in [1.165, 1.54) is 51.4 Å². The molecule has 0 radical (unpaired) electrons. The summed E-state index contributed by atoms with van der Waals surface area (Å²) in [6.45, 7) is 15.3. The quantitative estimate of drug-likeness (QED) is 0.193. The molecule has 0 amide bonds. The Labute approximate surface area is 222 Å². The number of allylic oxidation sites excluding steroid dienone is 1. The van der Waals surface area contributed by atoms with Crippen LogP contribution < -0.4 is 0 Å². The van der Waals surface area contributed by atoms with Gasteiger partial charge in [0.25, 0.3) is 0 Å². The number of thiol groups is 1. The summed E-state index contributed by atoms with van der Waals surface area (Å²) in [6, 6.07) is 0. The van der Waals surface area contributed by atoms with Crippen LogP contribution in [0.2, 0.25) is 0 Å². The fraction of sp³-hybridized carbons (Fsp3) is 0.875. The minimum absolute atomic E-state index is 0.167. The molecule has 0 spiro atoms. The lowest BCUT2D eigenvalue weighted by Gasteiger charge is -2.63. The molecule has 4 aliphatic rings. The van der Waals surface area contributed by atoms with Crippen molar-refractivity contribution in [3.8, 4) is 0 Å². The zero-order chi connectivity index (χ0) is 25.4. The fourth-order valence-electron chi connectivity index (χ4n) is 9.32. The molecule has 2 nitrogen and oxygen atoms in total. The van der Waals surface area contributed by atoms with Crippen molar-refractivity contribution in [1.29, 1.82) is 0 Å². The molecular weight excluding hydrogens is 448 g/mol. The summed E-state index contributed by atoms with van der Waals surface area (Å²) >= 11 is 5.70. The van der Waals surface area contributed by atoms with Crippen LogP contribution in [-0.4, -0.2) is 24.6 Å². The van der Waals surface area contributed by atoms with Crippen LogP contribution in [-0.2, 0) is 9.47 Å². The Morgan fingerprint density at radius 2 is 1.86 bits per heavy atom. The van der Waals surface area contributed by atoms with Crippen LogP contribution in [0.15, 0.2) is 23.5 Å². The molecule has 8 atom stereocenters. The van der Waals surface area contributed by atoms with Gasteiger partial charge in [0.1, 0.15) is 6.10 Å². The molecule has 0 aromatic rings. The SMILES string of the molecule is COC/C(C)=C/OC1CCC2(C)C(=CCC3(S)C2CCC2(C)C([C@H](C)CCCC(C)C)CCC23)C1. The number of fused-ring (bicyclic) bond motifs is 5. The van der Waals surface area contributed by atoms with Crippen molar-refractivity contribution in [2.75, 3.05) is 13.7 Å². The highest BCUT2D eigenvalue weighted by Gasteiger charge is 2.64. The van der Waals surface area contributed by atoms with Crippen molar-refractivity contribution < 1.29 is 9.47 Å². The topological polar surface area (TPSA) is 18.5 Å². The lowest BCUT2D eigenvalue weighted by molar-refractivity contribution is -0.0402. The highest BCUT2D eigenvalue weighted by Crippen LogP contribution is 2.70. The van der Waals surface area contributed by atoms with E-state index in [4.69, 9.17) is 22.1 Å². The summed E-state index contributed by atoms with van der Waals surface area (Å²) < 4.78 is 11.6. The summed E-state index contributed by atoms with van der Waals surface area (Å²) in [5.41, 5.74) is 3.60. The highest BCUT2D eigenvalue weighted by atomic mass is 32.1. The molecule has 3 heteroatoms. The van der Waals surface area contributed by atoms with Crippen molar-refractivity contribution >= 4 is 12.6 Å². The van der Waals surface area contributed by atoms with E-state index in [1.807, 2.05) is 6.26 Å². The van der Waals surface area contributed by atoms with Crippen LogP contribution in [0.5, 0.6) is 0 Å². The zero-order valence-corrected chi connectivity index (χ0v) is 24.8. The van der Waals surface area contributed by atoms with Crippen molar-refractivity contribution in [2.45, 2.75) is 123 Å². The normalized spacial score (nSPS) is 42.2. The molecule has 0 saturated heterocycles. The Morgan fingerprint density at radius 1 is 1.09 bits per heavy atom. The van der Waals surface area contributed by atoms with E-state index in [1.54, 1.807) is 12.7 Å². The van der Waals surface area contributed by atoms with Crippen molar-refractivity contribution in [1.82, 2.24) is 0 Å². The molecule has 0 aromatic carbocycles. The van der Waals surface area contributed by atoms with Gasteiger partial charge < -0.3 is 9.47 Å². The molecule has 4 rings (SSSR count). The molecule has 0 heterocycles. The monoisotopic (exact) mass is 502 g/mol. The van der Waals surface area contributed by atoms with Gasteiger partial charge >= 0.3 is 0 Å². The standard InChI is InChI=1S/C32H54O2S/c1-22(2)9-8-10-24(4)27-11-12-28-31(27,6)17-15-29-30(5)16-14-26(34-21-23(3)20-33-7)19-25(30)13-18-32(28,29)35/h13,21-22,24,26-29,35H,8-12,14-20H2,1-7H3/b23-21+/t24-,26?,27?,28?,29?,30?,31?,32?/m1/s1. The molecule has 7 unspecified atom stereocenters. The first-order valence-electron chi connectivity index (χ1n) is 14.8. The van der Waals surface area contributed by atoms with Gasteiger partial charge in [-0.15, -0.1) is 0 Å². The van der Waals surface area contributed by atoms with Gasteiger partial charge in [-0.05, 0) is 97.9 Å². The predicted octanol–water partition coefficient (Wildman–Crippen LogP) is 9.02. The summed E-state index contributed by atoms with van der Waals surface area (Å²) in [5, 5.41) is 0. The van der Waals surface area contributed by atoms with E-state index in [-0.39, 0.29) is 4.75 Å². The Kier molecular flexibility index (Phi) is 8.49. The fourth-order valence-corrected chi connectivity index (χ4v) is 10.3. The van der Waals surface area contributed by atoms with Crippen LogP contribution in [0.3, 0.4) is 0 Å². The first-order chi connectivity index (χ1) is 16.5. The molecule has 0 aromatic heterocycles. The number of hydrogen-bond donors (Lipinski definition) is 1. The smallest absolute Gasteiger partial charge is 0.102 e. The predicted molar refractivity (Wildman–Crippen MR) is 152 cm³/mol. The molecule has 35 heavy (non-hydrogen) atoms. The number of rotatable bonds is 9. The number of hydrogen-bond acceptors (Lipinski definition) is 3. The first-order valence-corrected chi connectivity index (χ1v) is 15.2. The largest absolute Gasteiger partial charge is 0.498 e. The third-order valence-corrected chi connectivity index (χ3v) is 12.0. The Bertz CT molecular complexity index is 801. The maximum absolute atomic E-state index is 6.22. The van der Waals surface area contributed by atoms with Gasteiger partial charge in [0.2, 0.25) is 0 Å². The molecule has 3 fully saturated rings. The average molecular weight is 503 g/mol. The van der Waals surface area contributed by atoms with Gasteiger partial charge in [-0.2, -0.15) is 12.6 Å². The second kappa shape index (κ2) is 10.8. The molecule has 0 aliphatic heterocycles. The molecule has 200 valence electrons. The van der Waals surface area contributed by atoms with Crippen LogP contribution >= 0.6 is 12.6 Å². The molecule has 4 aliphatic carbocycles. The second-order valence-corrected chi connectivity index (χ2v) is 14.7. The van der Waals surface area contributed by atoms with Crippen LogP contribution in [0.4, 0.5) is 0 Å². The lowest BCUT2D eigenvalue weighted by Crippen LogP contribution is -2.59. The Morgan fingerprint density at radius 3 is 2.57 bits per heavy atom. The Hall–Kier alpha value is -0.410. The second-order valence-electron chi connectivity index (χ2n) is 13.9. The van der Waals surface area contributed by atoms with Crippen molar-refractivity contribution in [2.24, 2.45) is 40.4 Å². The van der Waals surface area contributed by atoms with E-state index in [0.29, 0.717) is 29.5 Å². The summed E-state index contributed by atoms with van der Waals surface area (Å²) in [5.74, 6) is 4.04. The van der Waals surface area contributed by atoms with Gasteiger partial charge in [0, 0.05) is 18.3 Å². The van der Waals surface area contributed by atoms with E-state index < -0.39 is 0 Å². The average Bonchev–Trinajstić information content (AvgIpc) is 3.16. The molecular formula is C32H54O2S. The van der Waals surface area contributed by atoms with Gasteiger partial charge in [0.15, 0.2) is 0 Å². The minimum atomic E-state index is 0.167. The lowest BCUT2D eigenvalue weighted by atomic mass is 9.46. The maximum atomic E-state index is 6.22. The van der Waals surface area contributed by atoms with E-state index in [2.05, 4.69) is 47.6 Å². The molecule has 0 N–H and O–H groups in total. The van der Waals surface area contributed by atoms with Gasteiger partial charge in [-0.25, -0.2) is 0 Å². The van der Waals surface area contributed by atoms with E-state index in [0.717, 1.165) is 48.5 Å².